The molecule has 0 radical (unpaired) electrons. The highest BCUT2D eigenvalue weighted by atomic mass is 19.4. The van der Waals surface area contributed by atoms with E-state index < -0.39 is 23.3 Å². The van der Waals surface area contributed by atoms with Gasteiger partial charge in [0.25, 0.3) is 5.91 Å². The average molecular weight is 482 g/mol. The van der Waals surface area contributed by atoms with Crippen molar-refractivity contribution in [3.05, 3.63) is 95.6 Å². The average Bonchev–Trinajstić information content (AvgIpc) is 3.30. The molecule has 2 aromatic carbocycles. The highest BCUT2D eigenvalue weighted by Gasteiger charge is 2.40. The first-order valence-corrected chi connectivity index (χ1v) is 10.5. The number of nitrogens with zero attached hydrogens (tertiary/aromatic N) is 3. The molecule has 180 valence electrons. The van der Waals surface area contributed by atoms with Crippen LogP contribution in [-0.4, -0.2) is 27.8 Å². The molecule has 0 atom stereocenters. The van der Waals surface area contributed by atoms with E-state index in [1.807, 2.05) is 13.0 Å². The SMILES string of the molecule is COc1ccc(NC(=O)c2cnn(-c3ccc(C)cc3)c2C(F)(F)F)cc1OCc1cccnc1. The molecule has 0 saturated carbocycles. The Balaban J connectivity index is 1.60. The van der Waals surface area contributed by atoms with E-state index in [2.05, 4.69) is 15.4 Å². The van der Waals surface area contributed by atoms with Crippen molar-refractivity contribution in [3.8, 4) is 17.2 Å². The number of methoxy groups -OCH3 is 1. The van der Waals surface area contributed by atoms with E-state index in [0.717, 1.165) is 17.3 Å². The standard InChI is InChI=1S/C25H21F3N4O3/c1-16-5-8-19(9-6-16)32-23(25(26,27)28)20(14-30-32)24(33)31-18-7-10-21(34-2)22(12-18)35-15-17-4-3-11-29-13-17/h3-14H,15H2,1-2H3,(H,31,33). The van der Waals surface area contributed by atoms with E-state index >= 15 is 0 Å². The number of hydrogen-bond donors (Lipinski definition) is 1. The summed E-state index contributed by atoms with van der Waals surface area (Å²) in [5, 5.41) is 6.33. The first kappa shape index (κ1) is 23.8. The van der Waals surface area contributed by atoms with E-state index in [1.54, 1.807) is 36.7 Å². The zero-order chi connectivity index (χ0) is 25.0. The Hall–Kier alpha value is -4.34. The van der Waals surface area contributed by atoms with Gasteiger partial charge in [-0.15, -0.1) is 0 Å². The Kier molecular flexibility index (Phi) is 6.72. The number of halogens is 3. The smallest absolute Gasteiger partial charge is 0.434 e. The van der Waals surface area contributed by atoms with Gasteiger partial charge in [0.2, 0.25) is 0 Å². The van der Waals surface area contributed by atoms with E-state index in [0.29, 0.717) is 16.2 Å². The van der Waals surface area contributed by atoms with Crippen LogP contribution in [0.3, 0.4) is 0 Å². The molecule has 0 unspecified atom stereocenters. The normalized spacial score (nSPS) is 11.2. The maximum absolute atomic E-state index is 13.9. The molecule has 0 saturated heterocycles. The molecule has 4 aromatic rings. The van der Waals surface area contributed by atoms with Crippen molar-refractivity contribution in [1.82, 2.24) is 14.8 Å². The molecule has 1 amide bonds. The van der Waals surface area contributed by atoms with Crippen LogP contribution >= 0.6 is 0 Å². The molecule has 0 fully saturated rings. The molecule has 4 rings (SSSR count). The molecular formula is C25H21F3N4O3. The number of anilines is 1. The number of carbonyl (C=O) groups excluding carboxylic acids is 1. The number of aryl methyl sites for hydroxylation is 1. The van der Waals surface area contributed by atoms with Crippen LogP contribution in [0.25, 0.3) is 5.69 Å². The summed E-state index contributed by atoms with van der Waals surface area (Å²) in [5.74, 6) is -0.255. The second kappa shape index (κ2) is 9.88. The van der Waals surface area contributed by atoms with Gasteiger partial charge >= 0.3 is 6.18 Å². The quantitative estimate of drug-likeness (QED) is 0.380. The molecular weight excluding hydrogens is 461 g/mol. The predicted molar refractivity (Wildman–Crippen MR) is 123 cm³/mol. The van der Waals surface area contributed by atoms with Crippen LogP contribution in [0.5, 0.6) is 11.5 Å². The lowest BCUT2D eigenvalue weighted by molar-refractivity contribution is -0.143. The van der Waals surface area contributed by atoms with Gasteiger partial charge in [0.1, 0.15) is 6.61 Å². The maximum atomic E-state index is 13.9. The molecule has 35 heavy (non-hydrogen) atoms. The minimum Gasteiger partial charge on any atom is -0.493 e. The Morgan fingerprint density at radius 2 is 1.83 bits per heavy atom. The summed E-state index contributed by atoms with van der Waals surface area (Å²) in [6, 6.07) is 14.5. The van der Waals surface area contributed by atoms with E-state index in [4.69, 9.17) is 9.47 Å². The number of amides is 1. The number of aromatic nitrogens is 3. The van der Waals surface area contributed by atoms with Gasteiger partial charge in [0.15, 0.2) is 17.2 Å². The van der Waals surface area contributed by atoms with Gasteiger partial charge in [-0.1, -0.05) is 23.8 Å². The number of alkyl halides is 3. The number of pyridine rings is 1. The van der Waals surface area contributed by atoms with Crippen molar-refractivity contribution in [2.24, 2.45) is 0 Å². The molecule has 7 nitrogen and oxygen atoms in total. The number of carbonyl (C=O) groups is 1. The monoisotopic (exact) mass is 482 g/mol. The van der Waals surface area contributed by atoms with Crippen LogP contribution in [0.1, 0.15) is 27.2 Å². The molecule has 2 heterocycles. The second-order valence-electron chi connectivity index (χ2n) is 7.62. The second-order valence-corrected chi connectivity index (χ2v) is 7.62. The lowest BCUT2D eigenvalue weighted by Crippen LogP contribution is -2.20. The summed E-state index contributed by atoms with van der Waals surface area (Å²) in [6.45, 7) is 2.00. The maximum Gasteiger partial charge on any atom is 0.434 e. The third-order valence-corrected chi connectivity index (χ3v) is 5.10. The van der Waals surface area contributed by atoms with Crippen molar-refractivity contribution in [2.45, 2.75) is 19.7 Å². The largest absolute Gasteiger partial charge is 0.493 e. The summed E-state index contributed by atoms with van der Waals surface area (Å²) in [4.78, 5) is 16.9. The van der Waals surface area contributed by atoms with Gasteiger partial charge in [0.05, 0.1) is 24.6 Å². The summed E-state index contributed by atoms with van der Waals surface area (Å²) in [5.41, 5.74) is 0.341. The van der Waals surface area contributed by atoms with Crippen LogP contribution in [0.15, 0.2) is 73.2 Å². The topological polar surface area (TPSA) is 78.3 Å². The van der Waals surface area contributed by atoms with Crippen molar-refractivity contribution in [2.75, 3.05) is 12.4 Å². The van der Waals surface area contributed by atoms with Crippen molar-refractivity contribution in [3.63, 3.8) is 0 Å². The Bertz CT molecular complexity index is 1320. The highest BCUT2D eigenvalue weighted by Crippen LogP contribution is 2.35. The minimum atomic E-state index is -4.81. The molecule has 0 spiro atoms. The number of rotatable bonds is 7. The number of nitrogens with one attached hydrogen (secondary N) is 1. The van der Waals surface area contributed by atoms with Gasteiger partial charge in [-0.2, -0.15) is 18.3 Å². The molecule has 0 aliphatic rings. The zero-order valence-electron chi connectivity index (χ0n) is 18.8. The lowest BCUT2D eigenvalue weighted by atomic mass is 10.2. The predicted octanol–water partition coefficient (Wildman–Crippen LogP) is 5.43. The zero-order valence-corrected chi connectivity index (χ0v) is 18.8. The minimum absolute atomic E-state index is 0.184. The number of hydrogen-bond acceptors (Lipinski definition) is 5. The molecule has 1 N–H and O–H groups in total. The van der Waals surface area contributed by atoms with Crippen LogP contribution in [0, 0.1) is 6.92 Å². The summed E-state index contributed by atoms with van der Waals surface area (Å²) >= 11 is 0. The van der Waals surface area contributed by atoms with Crippen molar-refractivity contribution < 1.29 is 27.4 Å². The first-order chi connectivity index (χ1) is 16.8. The van der Waals surface area contributed by atoms with E-state index in [1.165, 1.54) is 31.4 Å². The molecule has 0 aliphatic heterocycles. The summed E-state index contributed by atoms with van der Waals surface area (Å²) in [7, 11) is 1.46. The number of benzene rings is 2. The Labute approximate surface area is 199 Å². The van der Waals surface area contributed by atoms with Crippen molar-refractivity contribution >= 4 is 11.6 Å². The fourth-order valence-electron chi connectivity index (χ4n) is 3.38. The third kappa shape index (κ3) is 5.43. The summed E-state index contributed by atoms with van der Waals surface area (Å²) in [6.07, 6.45) is -0.633. The number of ether oxygens (including phenoxy) is 2. The lowest BCUT2D eigenvalue weighted by Gasteiger charge is -2.14. The highest BCUT2D eigenvalue weighted by molar-refractivity contribution is 6.05. The molecule has 2 aromatic heterocycles. The first-order valence-electron chi connectivity index (χ1n) is 10.5. The molecule has 0 aliphatic carbocycles. The van der Waals surface area contributed by atoms with Gasteiger partial charge in [-0.05, 0) is 37.3 Å². The Morgan fingerprint density at radius 1 is 1.06 bits per heavy atom. The van der Waals surface area contributed by atoms with Crippen LogP contribution in [0.4, 0.5) is 18.9 Å². The van der Waals surface area contributed by atoms with E-state index in [9.17, 15) is 18.0 Å². The third-order valence-electron chi connectivity index (χ3n) is 5.10. The van der Waals surface area contributed by atoms with Crippen molar-refractivity contribution in [1.29, 1.82) is 0 Å². The van der Waals surface area contributed by atoms with Crippen LogP contribution in [-0.2, 0) is 12.8 Å². The fourth-order valence-corrected chi connectivity index (χ4v) is 3.38. The molecule has 0 bridgehead atoms. The van der Waals surface area contributed by atoms with Crippen LogP contribution < -0.4 is 14.8 Å². The fraction of sp³-hybridized carbons (Fsp3) is 0.160. The van der Waals surface area contributed by atoms with Crippen LogP contribution in [0.2, 0.25) is 0 Å². The van der Waals surface area contributed by atoms with E-state index in [-0.39, 0.29) is 18.0 Å². The Morgan fingerprint density at radius 3 is 2.49 bits per heavy atom. The van der Waals surface area contributed by atoms with Gasteiger partial charge in [0, 0.05) is 29.7 Å². The van der Waals surface area contributed by atoms with Gasteiger partial charge < -0.3 is 14.8 Å². The van der Waals surface area contributed by atoms with Gasteiger partial charge in [-0.3, -0.25) is 9.78 Å². The molecule has 10 heteroatoms. The van der Waals surface area contributed by atoms with Gasteiger partial charge in [-0.25, -0.2) is 4.68 Å². The summed E-state index contributed by atoms with van der Waals surface area (Å²) < 4.78 is 53.6.